The average Bonchev–Trinajstić information content (AvgIpc) is 3.41. The predicted molar refractivity (Wildman–Crippen MR) is 164 cm³/mol. The van der Waals surface area contributed by atoms with Gasteiger partial charge < -0.3 is 25.2 Å². The fourth-order valence-corrected chi connectivity index (χ4v) is 5.81. The Morgan fingerprint density at radius 2 is 1.88 bits per heavy atom. The number of hydrogen-bond donors (Lipinski definition) is 3. The second kappa shape index (κ2) is 10.9. The van der Waals surface area contributed by atoms with Crippen molar-refractivity contribution in [2.45, 2.75) is 46.7 Å². The van der Waals surface area contributed by atoms with Crippen molar-refractivity contribution in [3.8, 4) is 11.4 Å². The largest absolute Gasteiger partial charge is 0.506 e. The van der Waals surface area contributed by atoms with Crippen LogP contribution in [0.25, 0.3) is 5.69 Å². The van der Waals surface area contributed by atoms with Crippen LogP contribution in [0.1, 0.15) is 54.1 Å². The number of benzene rings is 2. The van der Waals surface area contributed by atoms with Crippen LogP contribution in [0.15, 0.2) is 66.9 Å². The van der Waals surface area contributed by atoms with Gasteiger partial charge in [-0.2, -0.15) is 0 Å². The number of pyridine rings is 1. The zero-order valence-electron chi connectivity index (χ0n) is 23.1. The Bertz CT molecular complexity index is 1600. The van der Waals surface area contributed by atoms with E-state index >= 15 is 0 Å². The molecule has 5 rings (SSSR count). The van der Waals surface area contributed by atoms with Crippen molar-refractivity contribution < 1.29 is 9.90 Å². The van der Waals surface area contributed by atoms with Crippen molar-refractivity contribution in [3.05, 3.63) is 100 Å². The molecule has 2 aromatic carbocycles. The minimum absolute atomic E-state index is 0.0287. The minimum Gasteiger partial charge on any atom is -0.506 e. The molecule has 0 saturated carbocycles. The third-order valence-electron chi connectivity index (χ3n) is 7.34. The van der Waals surface area contributed by atoms with E-state index in [1.54, 1.807) is 24.4 Å². The number of phenolic OH excluding ortho intramolecular Hbond substituents is 1. The zero-order valence-corrected chi connectivity index (χ0v) is 24.6. The summed E-state index contributed by atoms with van der Waals surface area (Å²) in [5.74, 6) is -0.00301. The van der Waals surface area contributed by atoms with Crippen LogP contribution in [0.5, 0.6) is 5.75 Å². The highest BCUT2D eigenvalue weighted by Crippen LogP contribution is 2.44. The molecule has 4 aromatic rings. The van der Waals surface area contributed by atoms with E-state index in [4.69, 9.17) is 23.8 Å². The van der Waals surface area contributed by atoms with Crippen molar-refractivity contribution in [1.29, 1.82) is 0 Å². The van der Waals surface area contributed by atoms with E-state index in [9.17, 15) is 9.90 Å². The van der Waals surface area contributed by atoms with Crippen LogP contribution in [-0.2, 0) is 4.79 Å². The van der Waals surface area contributed by atoms with Crippen LogP contribution in [0.4, 0.5) is 11.4 Å². The standard InChI is InChI=1S/C31H32ClN5O2S/c1-17(2)30(39)34-24-11-10-22(14-18(24)3)37-29(28(35-31(37)40)25-8-6-7-13-33-25)23-15-19(4)36(20(23)5)26-16-21(32)9-12-27(26)38/h6-17,28-29,38H,1-5H3,(H,34,39)(H,35,40). The summed E-state index contributed by atoms with van der Waals surface area (Å²) in [5, 5.41) is 18.3. The molecule has 40 heavy (non-hydrogen) atoms. The van der Waals surface area contributed by atoms with Crippen molar-refractivity contribution in [1.82, 2.24) is 14.9 Å². The summed E-state index contributed by atoms with van der Waals surface area (Å²) in [6, 6.07) is 18.5. The molecule has 1 fully saturated rings. The number of carbonyl (C=O) groups excluding carboxylic acids is 1. The van der Waals surface area contributed by atoms with Crippen LogP contribution in [0.2, 0.25) is 5.02 Å². The van der Waals surface area contributed by atoms with E-state index in [2.05, 4.69) is 26.6 Å². The van der Waals surface area contributed by atoms with Gasteiger partial charge in [-0.25, -0.2) is 0 Å². The molecule has 0 bridgehead atoms. The van der Waals surface area contributed by atoms with Crippen molar-refractivity contribution in [2.24, 2.45) is 5.92 Å². The minimum atomic E-state index is -0.237. The number of anilines is 2. The molecule has 2 atom stereocenters. The molecule has 1 amide bonds. The fourth-order valence-electron chi connectivity index (χ4n) is 5.30. The van der Waals surface area contributed by atoms with Gasteiger partial charge in [0.25, 0.3) is 0 Å². The van der Waals surface area contributed by atoms with E-state index < -0.39 is 0 Å². The summed E-state index contributed by atoms with van der Waals surface area (Å²) in [7, 11) is 0. The van der Waals surface area contributed by atoms with Gasteiger partial charge in [0.05, 0.1) is 23.5 Å². The highest BCUT2D eigenvalue weighted by atomic mass is 35.5. The lowest BCUT2D eigenvalue weighted by atomic mass is 9.96. The fraction of sp³-hybridized carbons (Fsp3) is 0.258. The van der Waals surface area contributed by atoms with E-state index in [0.29, 0.717) is 15.8 Å². The summed E-state index contributed by atoms with van der Waals surface area (Å²) < 4.78 is 2.02. The highest BCUT2D eigenvalue weighted by Gasteiger charge is 2.42. The number of rotatable bonds is 6. The molecular formula is C31H32ClN5O2S. The number of thiocarbonyl (C=S) groups is 1. The van der Waals surface area contributed by atoms with Gasteiger partial charge >= 0.3 is 0 Å². The molecule has 206 valence electrons. The normalized spacial score (nSPS) is 16.9. The number of nitrogens with one attached hydrogen (secondary N) is 2. The molecule has 1 aliphatic heterocycles. The topological polar surface area (TPSA) is 82.4 Å². The molecule has 9 heteroatoms. The monoisotopic (exact) mass is 573 g/mol. The molecule has 0 radical (unpaired) electrons. The third-order valence-corrected chi connectivity index (χ3v) is 7.89. The maximum Gasteiger partial charge on any atom is 0.226 e. The van der Waals surface area contributed by atoms with Crippen molar-refractivity contribution >= 4 is 46.2 Å². The Morgan fingerprint density at radius 3 is 2.55 bits per heavy atom. The van der Waals surface area contributed by atoms with Gasteiger partial charge in [0.2, 0.25) is 5.91 Å². The number of aryl methyl sites for hydroxylation is 2. The van der Waals surface area contributed by atoms with Crippen LogP contribution < -0.4 is 15.5 Å². The number of amides is 1. The molecule has 1 saturated heterocycles. The van der Waals surface area contributed by atoms with Gasteiger partial charge in [0.15, 0.2) is 5.11 Å². The van der Waals surface area contributed by atoms with Crippen LogP contribution in [0, 0.1) is 26.7 Å². The quantitative estimate of drug-likeness (QED) is 0.217. The van der Waals surface area contributed by atoms with E-state index in [1.807, 2.05) is 75.6 Å². The van der Waals surface area contributed by atoms with Crippen LogP contribution in [0.3, 0.4) is 0 Å². The molecule has 3 N–H and O–H groups in total. The maximum absolute atomic E-state index is 12.3. The van der Waals surface area contributed by atoms with Crippen LogP contribution in [-0.4, -0.2) is 25.7 Å². The van der Waals surface area contributed by atoms with Gasteiger partial charge in [0.1, 0.15) is 5.75 Å². The van der Waals surface area contributed by atoms with Gasteiger partial charge in [-0.1, -0.05) is 31.5 Å². The lowest BCUT2D eigenvalue weighted by Gasteiger charge is -2.29. The molecular weight excluding hydrogens is 542 g/mol. The molecule has 3 heterocycles. The first-order valence-electron chi connectivity index (χ1n) is 13.2. The van der Waals surface area contributed by atoms with Gasteiger partial charge in [-0.05, 0) is 98.7 Å². The smallest absolute Gasteiger partial charge is 0.226 e. The highest BCUT2D eigenvalue weighted by molar-refractivity contribution is 7.80. The summed E-state index contributed by atoms with van der Waals surface area (Å²) in [5.41, 5.74) is 7.03. The number of hydrogen-bond acceptors (Lipinski definition) is 4. The second-order valence-electron chi connectivity index (χ2n) is 10.4. The van der Waals surface area contributed by atoms with Gasteiger partial charge in [-0.15, -0.1) is 0 Å². The summed E-state index contributed by atoms with van der Waals surface area (Å²) in [6.45, 7) is 9.76. The second-order valence-corrected chi connectivity index (χ2v) is 11.3. The number of aromatic hydroxyl groups is 1. The third kappa shape index (κ3) is 5.05. The Kier molecular flexibility index (Phi) is 7.57. The first-order valence-corrected chi connectivity index (χ1v) is 13.9. The van der Waals surface area contributed by atoms with Gasteiger partial charge in [0, 0.05) is 39.9 Å². The molecule has 0 aliphatic carbocycles. The lowest BCUT2D eigenvalue weighted by Crippen LogP contribution is -2.29. The van der Waals surface area contributed by atoms with E-state index in [0.717, 1.165) is 39.6 Å². The Labute approximate surface area is 244 Å². The lowest BCUT2D eigenvalue weighted by molar-refractivity contribution is -0.118. The molecule has 1 aliphatic rings. The average molecular weight is 574 g/mol. The number of carbonyl (C=O) groups is 1. The molecule has 2 aromatic heterocycles. The van der Waals surface area contributed by atoms with Crippen LogP contribution >= 0.6 is 23.8 Å². The Morgan fingerprint density at radius 1 is 1.10 bits per heavy atom. The first-order chi connectivity index (χ1) is 19.1. The molecule has 7 nitrogen and oxygen atoms in total. The Balaban J connectivity index is 1.64. The van der Waals surface area contributed by atoms with E-state index in [1.165, 1.54) is 0 Å². The Hall–Kier alpha value is -3.88. The van der Waals surface area contributed by atoms with Crippen molar-refractivity contribution in [3.63, 3.8) is 0 Å². The molecule has 0 spiro atoms. The predicted octanol–water partition coefficient (Wildman–Crippen LogP) is 6.93. The SMILES string of the molecule is Cc1cc(N2C(=S)NC(c3ccccn3)C2c2cc(C)n(-c3cc(Cl)ccc3O)c2C)ccc1NC(=O)C(C)C. The van der Waals surface area contributed by atoms with Gasteiger partial charge in [-0.3, -0.25) is 9.78 Å². The number of nitrogens with zero attached hydrogens (tertiary/aromatic N) is 3. The van der Waals surface area contributed by atoms with E-state index in [-0.39, 0.29) is 29.7 Å². The first kappa shape index (κ1) is 27.7. The zero-order chi connectivity index (χ0) is 28.7. The summed E-state index contributed by atoms with van der Waals surface area (Å²) >= 11 is 12.2. The number of phenols is 1. The maximum atomic E-state index is 12.3. The summed E-state index contributed by atoms with van der Waals surface area (Å²) in [4.78, 5) is 19.1. The number of aromatic nitrogens is 2. The summed E-state index contributed by atoms with van der Waals surface area (Å²) in [6.07, 6.45) is 1.78. The number of halogens is 1. The molecule has 2 unspecified atom stereocenters. The van der Waals surface area contributed by atoms with Crippen molar-refractivity contribution in [2.75, 3.05) is 10.2 Å².